The molecule has 2 rings (SSSR count). The molecular weight excluding hydrogens is 403 g/mol. The van der Waals surface area contributed by atoms with E-state index in [4.69, 9.17) is 16.7 Å². The van der Waals surface area contributed by atoms with Crippen molar-refractivity contribution in [3.05, 3.63) is 23.2 Å². The predicted molar refractivity (Wildman–Crippen MR) is 107 cm³/mol. The molecule has 1 aromatic rings. The number of hydrogen-bond acceptors (Lipinski definition) is 7. The van der Waals surface area contributed by atoms with Crippen LogP contribution in [-0.4, -0.2) is 40.6 Å². The molecule has 1 saturated heterocycles. The molecule has 1 heterocycles. The van der Waals surface area contributed by atoms with Gasteiger partial charge in [0, 0.05) is 23.1 Å². The summed E-state index contributed by atoms with van der Waals surface area (Å²) in [5, 5.41) is 26.4. The third-order valence-corrected chi connectivity index (χ3v) is 7.29. The number of aliphatic hydroxyl groups excluding tert-OH is 1. The summed E-state index contributed by atoms with van der Waals surface area (Å²) < 4.78 is 0. The van der Waals surface area contributed by atoms with Crippen LogP contribution in [0.5, 0.6) is 0 Å². The quantitative estimate of drug-likeness (QED) is 0.265. The van der Waals surface area contributed by atoms with Gasteiger partial charge in [-0.3, -0.25) is 4.79 Å². The normalized spacial score (nSPS) is 17.0. The van der Waals surface area contributed by atoms with Gasteiger partial charge in [0.15, 0.2) is 0 Å². The number of anilines is 2. The van der Waals surface area contributed by atoms with Crippen molar-refractivity contribution in [2.45, 2.75) is 43.4 Å². The Bertz CT molecular complexity index is 633. The molecule has 6 nitrogen and oxygen atoms in total. The maximum Gasteiger partial charge on any atom is 1.00 e. The Balaban J connectivity index is 0.00000364. The first-order valence-corrected chi connectivity index (χ1v) is 11.2. The number of aliphatic hydroxyl groups is 1. The van der Waals surface area contributed by atoms with Gasteiger partial charge < -0.3 is 25.6 Å². The fourth-order valence-corrected chi connectivity index (χ4v) is 5.72. The van der Waals surface area contributed by atoms with Crippen molar-refractivity contribution in [2.24, 2.45) is 0 Å². The number of carbonyl (C=O) groups excluding carboxylic acids is 2. The van der Waals surface area contributed by atoms with Crippen LogP contribution in [0.25, 0.3) is 0 Å². The smallest absolute Gasteiger partial charge is 0.548 e. The number of halogens is 1. The van der Waals surface area contributed by atoms with Crippen molar-refractivity contribution in [3.8, 4) is 0 Å². The molecule has 144 valence electrons. The molecule has 0 aromatic heterocycles. The minimum Gasteiger partial charge on any atom is -0.548 e. The van der Waals surface area contributed by atoms with Crippen LogP contribution in [0.4, 0.5) is 11.4 Å². The number of unbranched alkanes of at least 4 members (excludes halogenated alkanes) is 1. The molecule has 10 heteroatoms. The standard InChI is InChI=1S/C17H23ClN2O4S2.Li/c18-13-6-5-11(19-15(10-21)17(23)24)9-14(13)20-16(22)4-2-1-3-12-7-8-25-26-12;/h5-6,9,12,15,19,21H,1-4,7-8,10H2,(H,20,22)(H,23,24);/q;+1/p-1. The Morgan fingerprint density at radius 3 is 2.78 bits per heavy atom. The van der Waals surface area contributed by atoms with E-state index in [1.807, 2.05) is 21.6 Å². The van der Waals surface area contributed by atoms with Crippen LogP contribution < -0.4 is 34.6 Å². The first kappa shape index (κ1) is 24.5. The molecule has 1 aliphatic rings. The number of nitrogens with one attached hydrogen (secondary N) is 2. The summed E-state index contributed by atoms with van der Waals surface area (Å²) in [6.45, 7) is -0.607. The van der Waals surface area contributed by atoms with Crippen molar-refractivity contribution in [1.82, 2.24) is 0 Å². The molecule has 1 amide bonds. The van der Waals surface area contributed by atoms with Gasteiger partial charge in [0.05, 0.1) is 29.3 Å². The van der Waals surface area contributed by atoms with E-state index in [0.29, 0.717) is 28.1 Å². The first-order chi connectivity index (χ1) is 12.5. The Morgan fingerprint density at radius 1 is 1.37 bits per heavy atom. The zero-order chi connectivity index (χ0) is 18.9. The topological polar surface area (TPSA) is 101 Å². The molecule has 27 heavy (non-hydrogen) atoms. The molecule has 0 bridgehead atoms. The summed E-state index contributed by atoms with van der Waals surface area (Å²) in [5.41, 5.74) is 0.822. The monoisotopic (exact) mass is 424 g/mol. The van der Waals surface area contributed by atoms with Gasteiger partial charge in [-0.1, -0.05) is 39.6 Å². The van der Waals surface area contributed by atoms with Crippen LogP contribution in [0, 0.1) is 0 Å². The molecule has 0 saturated carbocycles. The van der Waals surface area contributed by atoms with Crippen molar-refractivity contribution in [3.63, 3.8) is 0 Å². The van der Waals surface area contributed by atoms with Gasteiger partial charge in [0.2, 0.25) is 5.91 Å². The van der Waals surface area contributed by atoms with Gasteiger partial charge in [0.1, 0.15) is 0 Å². The van der Waals surface area contributed by atoms with Gasteiger partial charge in [-0.25, -0.2) is 0 Å². The largest absolute Gasteiger partial charge is 1.00 e. The number of benzene rings is 1. The van der Waals surface area contributed by atoms with E-state index in [0.717, 1.165) is 19.3 Å². The van der Waals surface area contributed by atoms with Crippen molar-refractivity contribution >= 4 is 56.4 Å². The molecule has 2 atom stereocenters. The maximum absolute atomic E-state index is 12.1. The van der Waals surface area contributed by atoms with Crippen LogP contribution in [0.2, 0.25) is 5.02 Å². The van der Waals surface area contributed by atoms with Crippen LogP contribution in [0.15, 0.2) is 18.2 Å². The number of rotatable bonds is 10. The number of carbonyl (C=O) groups is 2. The SMILES string of the molecule is O=C(CCCCC1CCSS1)Nc1cc(NC(CO)C(=O)[O-])ccc1Cl.[Li+]. The number of aliphatic carboxylic acids is 1. The third-order valence-electron chi connectivity index (χ3n) is 3.96. The fraction of sp³-hybridized carbons (Fsp3) is 0.529. The zero-order valence-electron chi connectivity index (χ0n) is 15.2. The maximum atomic E-state index is 12.1. The van der Waals surface area contributed by atoms with Gasteiger partial charge in [0.25, 0.3) is 0 Å². The average molecular weight is 425 g/mol. The molecule has 0 aliphatic carbocycles. The predicted octanol–water partition coefficient (Wildman–Crippen LogP) is -0.481. The molecule has 1 aromatic carbocycles. The molecule has 0 radical (unpaired) electrons. The van der Waals surface area contributed by atoms with Gasteiger partial charge in [-0.2, -0.15) is 0 Å². The number of carboxylic acids is 1. The third kappa shape index (κ3) is 8.59. The molecule has 1 aliphatic heterocycles. The minimum absolute atomic E-state index is 0. The van der Waals surface area contributed by atoms with Crippen LogP contribution in [0.1, 0.15) is 32.1 Å². The van der Waals surface area contributed by atoms with E-state index in [1.54, 1.807) is 12.1 Å². The Labute approximate surface area is 184 Å². The molecular formula is C17H22ClLiN2O4S2. The second-order valence-electron chi connectivity index (χ2n) is 6.02. The van der Waals surface area contributed by atoms with E-state index in [1.165, 1.54) is 18.2 Å². The summed E-state index contributed by atoms with van der Waals surface area (Å²) in [6.07, 6.45) is 4.64. The number of amides is 1. The molecule has 3 N–H and O–H groups in total. The zero-order valence-corrected chi connectivity index (χ0v) is 17.6. The summed E-state index contributed by atoms with van der Waals surface area (Å²) in [6, 6.07) is 3.43. The summed E-state index contributed by atoms with van der Waals surface area (Å²) >= 11 is 6.10. The second kappa shape index (κ2) is 12.9. The summed E-state index contributed by atoms with van der Waals surface area (Å²) in [7, 11) is 3.86. The summed E-state index contributed by atoms with van der Waals surface area (Å²) in [5.74, 6) is -0.323. The first-order valence-electron chi connectivity index (χ1n) is 8.45. The summed E-state index contributed by atoms with van der Waals surface area (Å²) in [4.78, 5) is 23.0. The van der Waals surface area contributed by atoms with Gasteiger partial charge >= 0.3 is 18.9 Å². The van der Waals surface area contributed by atoms with Crippen LogP contribution >= 0.6 is 33.2 Å². The molecule has 2 unspecified atom stereocenters. The van der Waals surface area contributed by atoms with Crippen molar-refractivity contribution < 1.29 is 38.7 Å². The van der Waals surface area contributed by atoms with E-state index < -0.39 is 18.6 Å². The fourth-order valence-electron chi connectivity index (χ4n) is 2.53. The average Bonchev–Trinajstić information content (AvgIpc) is 3.12. The Morgan fingerprint density at radius 2 is 2.15 bits per heavy atom. The van der Waals surface area contributed by atoms with Crippen molar-refractivity contribution in [1.29, 1.82) is 0 Å². The molecule has 1 fully saturated rings. The minimum atomic E-state index is -1.41. The van der Waals surface area contributed by atoms with Crippen molar-refractivity contribution in [2.75, 3.05) is 23.0 Å². The van der Waals surface area contributed by atoms with E-state index in [9.17, 15) is 14.7 Å². The van der Waals surface area contributed by atoms with E-state index in [-0.39, 0.29) is 24.8 Å². The van der Waals surface area contributed by atoms with Gasteiger partial charge in [-0.05, 0) is 37.5 Å². The number of hydrogen-bond donors (Lipinski definition) is 3. The van der Waals surface area contributed by atoms with Crippen LogP contribution in [0.3, 0.4) is 0 Å². The van der Waals surface area contributed by atoms with E-state index >= 15 is 0 Å². The van der Waals surface area contributed by atoms with Crippen LogP contribution in [-0.2, 0) is 9.59 Å². The second-order valence-corrected chi connectivity index (χ2v) is 9.21. The Kier molecular flexibility index (Phi) is 11.7. The van der Waals surface area contributed by atoms with Gasteiger partial charge in [-0.15, -0.1) is 0 Å². The number of carboxylic acid groups (broad SMARTS) is 1. The van der Waals surface area contributed by atoms with E-state index in [2.05, 4.69) is 10.6 Å². The Hall–Kier alpha value is -0.493. The molecule has 0 spiro atoms.